The van der Waals surface area contributed by atoms with Crippen LogP contribution in [-0.2, 0) is 21.7 Å². The van der Waals surface area contributed by atoms with Gasteiger partial charge in [0, 0.05) is 39.0 Å². The van der Waals surface area contributed by atoms with E-state index < -0.39 is 23.3 Å². The number of benzene rings is 7. The van der Waals surface area contributed by atoms with E-state index in [2.05, 4.69) is 124 Å². The molecule has 0 fully saturated rings. The first-order chi connectivity index (χ1) is 30.9. The molecule has 0 radical (unpaired) electrons. The summed E-state index contributed by atoms with van der Waals surface area (Å²) in [7, 11) is 0. The molecule has 0 bridgehead atoms. The maximum absolute atomic E-state index is 16.7. The van der Waals surface area contributed by atoms with E-state index in [4.69, 9.17) is 0 Å². The SMILES string of the molecule is CC(C)(C)c1ccc(N(c2cc3c4c(c2)-n2c5ccc(C(C)(C)C)cc5c5cc(C(C)(C)C)cc(c52)B4c2cc(C(C)(C)C)ccc2N3c2c(F)cccc2F)c2c(F)cccc2F)cc1. The summed E-state index contributed by atoms with van der Waals surface area (Å²) in [5, 5.41) is 2.18. The molecule has 0 amide bonds. The van der Waals surface area contributed by atoms with E-state index >= 15 is 17.6 Å². The van der Waals surface area contributed by atoms with Gasteiger partial charge in [-0.05, 0) is 133 Å². The molecule has 0 spiro atoms. The molecule has 0 atom stereocenters. The van der Waals surface area contributed by atoms with Crippen LogP contribution < -0.4 is 26.2 Å². The number of aromatic nitrogens is 1. The minimum atomic E-state index is -0.750. The van der Waals surface area contributed by atoms with Crippen molar-refractivity contribution in [3.63, 3.8) is 0 Å². The van der Waals surface area contributed by atoms with E-state index in [1.165, 1.54) is 47.5 Å². The molecule has 2 aliphatic heterocycles. The lowest BCUT2D eigenvalue weighted by Gasteiger charge is -2.42. The third kappa shape index (κ3) is 6.76. The fourth-order valence-electron chi connectivity index (χ4n) is 10.2. The number of halogens is 4. The summed E-state index contributed by atoms with van der Waals surface area (Å²) in [5.41, 5.74) is 10.9. The fourth-order valence-corrected chi connectivity index (χ4v) is 10.2. The van der Waals surface area contributed by atoms with Gasteiger partial charge in [-0.15, -0.1) is 0 Å². The summed E-state index contributed by atoms with van der Waals surface area (Å²) >= 11 is 0. The van der Waals surface area contributed by atoms with Crippen LogP contribution >= 0.6 is 0 Å². The Labute approximate surface area is 386 Å². The minimum absolute atomic E-state index is 0.142. The van der Waals surface area contributed by atoms with Crippen LogP contribution in [0.4, 0.5) is 51.7 Å². The summed E-state index contributed by atoms with van der Waals surface area (Å²) in [6.45, 7) is 25.8. The number of hydrogen-bond donors (Lipinski definition) is 0. The number of hydrogen-bond acceptors (Lipinski definition) is 2. The Morgan fingerprint density at radius 3 is 1.53 bits per heavy atom. The van der Waals surface area contributed by atoms with Crippen LogP contribution in [0.15, 0.2) is 121 Å². The molecule has 3 nitrogen and oxygen atoms in total. The van der Waals surface area contributed by atoms with Crippen LogP contribution in [0.25, 0.3) is 27.5 Å². The second kappa shape index (κ2) is 14.6. The van der Waals surface area contributed by atoms with Crippen molar-refractivity contribution in [1.82, 2.24) is 4.57 Å². The molecule has 0 aliphatic carbocycles. The van der Waals surface area contributed by atoms with E-state index in [9.17, 15) is 0 Å². The molecule has 66 heavy (non-hydrogen) atoms. The molecular weight excluding hydrogens is 825 g/mol. The number of para-hydroxylation sites is 2. The van der Waals surface area contributed by atoms with E-state index in [0.29, 0.717) is 22.7 Å². The molecule has 10 rings (SSSR count). The first-order valence-corrected chi connectivity index (χ1v) is 23.0. The molecule has 2 aliphatic rings. The fraction of sp³-hybridized carbons (Fsp3) is 0.276. The van der Waals surface area contributed by atoms with Gasteiger partial charge in [0.05, 0.1) is 11.2 Å². The van der Waals surface area contributed by atoms with Gasteiger partial charge >= 0.3 is 0 Å². The molecule has 334 valence electrons. The lowest BCUT2D eigenvalue weighted by molar-refractivity contribution is 0.585. The van der Waals surface area contributed by atoms with Crippen LogP contribution in [-0.4, -0.2) is 11.3 Å². The second-order valence-electron chi connectivity index (χ2n) is 22.5. The predicted octanol–water partition coefficient (Wildman–Crippen LogP) is 14.6. The third-order valence-electron chi connectivity index (χ3n) is 13.8. The van der Waals surface area contributed by atoms with Crippen LogP contribution in [0.3, 0.4) is 0 Å². The zero-order valence-corrected chi connectivity index (χ0v) is 40.0. The van der Waals surface area contributed by atoms with Crippen molar-refractivity contribution in [2.24, 2.45) is 0 Å². The van der Waals surface area contributed by atoms with Gasteiger partial charge in [0.15, 0.2) is 0 Å². The topological polar surface area (TPSA) is 11.4 Å². The van der Waals surface area contributed by atoms with Crippen molar-refractivity contribution < 1.29 is 17.6 Å². The average Bonchev–Trinajstić information content (AvgIpc) is 3.57. The Morgan fingerprint density at radius 1 is 0.439 bits per heavy atom. The number of rotatable bonds is 4. The van der Waals surface area contributed by atoms with Crippen molar-refractivity contribution >= 4 is 79.0 Å². The van der Waals surface area contributed by atoms with E-state index in [1.54, 1.807) is 9.80 Å². The van der Waals surface area contributed by atoms with Gasteiger partial charge < -0.3 is 14.4 Å². The number of nitrogens with zero attached hydrogens (tertiary/aromatic N) is 3. The number of fused-ring (bicyclic) bond motifs is 7. The smallest absolute Gasteiger partial charge is 0.252 e. The summed E-state index contributed by atoms with van der Waals surface area (Å²) in [5.74, 6) is -2.97. The minimum Gasteiger partial charge on any atom is -0.310 e. The number of anilines is 6. The Balaban J connectivity index is 1.42. The molecular formula is C58H56BF4N3. The Bertz CT molecular complexity index is 3260. The summed E-state index contributed by atoms with van der Waals surface area (Å²) in [6, 6.07) is 37.0. The van der Waals surface area contributed by atoms with Gasteiger partial charge in [-0.3, -0.25) is 0 Å². The standard InChI is InChI=1S/C58H56BF4N3/c1-55(2,3)33-19-23-37(24-20-33)64(53-43(60)15-13-16-44(53)61)38-31-49-51-50(32-38)66(54-45(62)17-14-18-46(54)63)48-26-22-35(57(7,8)9)29-41(48)59(51)42-30-36(58(10,11)12)28-40-39-27-34(56(4,5)6)21-25-47(39)65(49)52(40)42/h13-32H,1-12H3. The van der Waals surface area contributed by atoms with Crippen molar-refractivity contribution in [2.75, 3.05) is 9.80 Å². The predicted molar refractivity (Wildman–Crippen MR) is 269 cm³/mol. The van der Waals surface area contributed by atoms with Crippen molar-refractivity contribution in [3.8, 4) is 5.69 Å². The van der Waals surface area contributed by atoms with Crippen LogP contribution in [0.2, 0.25) is 0 Å². The maximum atomic E-state index is 16.7. The highest BCUT2D eigenvalue weighted by molar-refractivity contribution is 7.00. The highest BCUT2D eigenvalue weighted by atomic mass is 19.1. The van der Waals surface area contributed by atoms with Crippen molar-refractivity contribution in [2.45, 2.75) is 105 Å². The lowest BCUT2D eigenvalue weighted by Crippen LogP contribution is -2.61. The van der Waals surface area contributed by atoms with Crippen LogP contribution in [0, 0.1) is 23.3 Å². The monoisotopic (exact) mass is 881 g/mol. The summed E-state index contributed by atoms with van der Waals surface area (Å²) in [4.78, 5) is 3.30. The van der Waals surface area contributed by atoms with Gasteiger partial charge in [0.25, 0.3) is 6.71 Å². The van der Waals surface area contributed by atoms with E-state index in [0.717, 1.165) is 55.0 Å². The van der Waals surface area contributed by atoms with Crippen molar-refractivity contribution in [1.29, 1.82) is 0 Å². The molecule has 8 aromatic rings. The highest BCUT2D eigenvalue weighted by Gasteiger charge is 2.45. The summed E-state index contributed by atoms with van der Waals surface area (Å²) in [6.07, 6.45) is 0. The molecule has 0 saturated carbocycles. The highest BCUT2D eigenvalue weighted by Crippen LogP contribution is 2.49. The van der Waals surface area contributed by atoms with Gasteiger partial charge in [0.1, 0.15) is 34.6 Å². The molecule has 0 saturated heterocycles. The van der Waals surface area contributed by atoms with Gasteiger partial charge in [-0.2, -0.15) is 0 Å². The molecule has 1 aromatic heterocycles. The first kappa shape index (κ1) is 43.6. The molecule has 8 heteroatoms. The van der Waals surface area contributed by atoms with Crippen molar-refractivity contribution in [3.05, 3.63) is 167 Å². The lowest BCUT2D eigenvalue weighted by atomic mass is 9.33. The molecule has 0 N–H and O–H groups in total. The quantitative estimate of drug-likeness (QED) is 0.129. The first-order valence-electron chi connectivity index (χ1n) is 23.0. The molecule has 0 unspecified atom stereocenters. The molecule has 7 aromatic carbocycles. The largest absolute Gasteiger partial charge is 0.310 e. The van der Waals surface area contributed by atoms with Gasteiger partial charge in [-0.25, -0.2) is 17.6 Å². The van der Waals surface area contributed by atoms with Crippen LogP contribution in [0.1, 0.15) is 105 Å². The zero-order valence-electron chi connectivity index (χ0n) is 40.0. The summed E-state index contributed by atoms with van der Waals surface area (Å²) < 4.78 is 68.8. The molecule has 3 heterocycles. The van der Waals surface area contributed by atoms with Gasteiger partial charge in [-0.1, -0.05) is 132 Å². The Kier molecular flexibility index (Phi) is 9.65. The normalized spacial score (nSPS) is 13.7. The van der Waals surface area contributed by atoms with E-state index in [-0.39, 0.29) is 39.7 Å². The maximum Gasteiger partial charge on any atom is 0.252 e. The van der Waals surface area contributed by atoms with Gasteiger partial charge in [0.2, 0.25) is 0 Å². The third-order valence-corrected chi connectivity index (χ3v) is 13.8. The average molecular weight is 882 g/mol. The van der Waals surface area contributed by atoms with E-state index in [1.807, 2.05) is 48.5 Å². The Morgan fingerprint density at radius 2 is 0.939 bits per heavy atom. The zero-order chi connectivity index (χ0) is 47.2. The second-order valence-corrected chi connectivity index (χ2v) is 22.5. The Hall–Kier alpha value is -6.28. The van der Waals surface area contributed by atoms with Crippen LogP contribution in [0.5, 0.6) is 0 Å².